The second-order valence-electron chi connectivity index (χ2n) is 2.70. The molecule has 0 spiro atoms. The highest BCUT2D eigenvalue weighted by Crippen LogP contribution is 2.09. The van der Waals surface area contributed by atoms with E-state index in [4.69, 9.17) is 11.1 Å². The van der Waals surface area contributed by atoms with Gasteiger partial charge in [0.1, 0.15) is 9.55 Å². The third-order valence-electron chi connectivity index (χ3n) is 0.433. The van der Waals surface area contributed by atoms with Crippen molar-refractivity contribution in [1.82, 2.24) is 0 Å². The summed E-state index contributed by atoms with van der Waals surface area (Å²) in [4.78, 5) is 0. The van der Waals surface area contributed by atoms with Crippen LogP contribution in [0, 0.1) is 5.41 Å². The molecule has 0 aliphatic carbocycles. The van der Waals surface area contributed by atoms with E-state index in [1.165, 1.54) is 0 Å². The van der Waals surface area contributed by atoms with Crippen LogP contribution in [0.25, 0.3) is 0 Å². The molecule has 0 rings (SSSR count). The molecule has 0 amide bonds. The van der Waals surface area contributed by atoms with Crippen molar-refractivity contribution in [2.45, 2.75) is 20.8 Å². The highest BCUT2D eigenvalue weighted by molar-refractivity contribution is 6.80. The van der Waals surface area contributed by atoms with Crippen molar-refractivity contribution in [3.05, 3.63) is 0 Å². The maximum Gasteiger partial charge on any atom is 0.109 e. The van der Waals surface area contributed by atoms with Gasteiger partial charge in [0.2, 0.25) is 0 Å². The van der Waals surface area contributed by atoms with E-state index >= 15 is 0 Å². The zero-order valence-corrected chi connectivity index (χ0v) is 8.75. The maximum absolute atomic E-state index is 9.95. The molecule has 0 aliphatic rings. The molecule has 0 atom stereocenters. The summed E-state index contributed by atoms with van der Waals surface area (Å²) in [6.07, 6.45) is 0. The monoisotopic (exact) mass is 153 g/mol. The predicted octanol–water partition coefficient (Wildman–Crippen LogP) is 0.969. The number of halogens is 1. The van der Waals surface area contributed by atoms with Crippen molar-refractivity contribution in [2.24, 2.45) is 5.41 Å². The van der Waals surface area contributed by atoms with Gasteiger partial charge in [-0.05, 0) is 5.41 Å². The quantitative estimate of drug-likeness (QED) is 0.365. The topological polar surface area (TPSA) is 19.9 Å². The second kappa shape index (κ2) is 5.60. The molecule has 0 aliphatic heterocycles. The van der Waals surface area contributed by atoms with Crippen LogP contribution in [0.4, 0.5) is 0 Å². The lowest BCUT2D eigenvalue weighted by Crippen LogP contribution is -2.08. The standard InChI is InChI=1S/C5H11O.ClH3Si/c1-5(2,3)4-6;1-2/h4H2,1-3H3;2H3. The van der Waals surface area contributed by atoms with Gasteiger partial charge in [-0.15, -0.1) is 0 Å². The van der Waals surface area contributed by atoms with Gasteiger partial charge in [0.05, 0.1) is 6.61 Å². The van der Waals surface area contributed by atoms with Crippen molar-refractivity contribution < 1.29 is 5.11 Å². The zero-order chi connectivity index (χ0) is 7.21. The van der Waals surface area contributed by atoms with E-state index in [1.807, 2.05) is 20.8 Å². The average molecular weight is 154 g/mol. The Morgan fingerprint density at radius 3 is 1.50 bits per heavy atom. The van der Waals surface area contributed by atoms with Gasteiger partial charge in [0.15, 0.2) is 0 Å². The van der Waals surface area contributed by atoms with Crippen molar-refractivity contribution in [3.63, 3.8) is 0 Å². The van der Waals surface area contributed by atoms with Crippen LogP contribution in [0.2, 0.25) is 0 Å². The Morgan fingerprint density at radius 1 is 1.38 bits per heavy atom. The molecule has 51 valence electrons. The number of hydrogen-bond acceptors (Lipinski definition) is 0. The summed E-state index contributed by atoms with van der Waals surface area (Å²) in [5.41, 5.74) is -0.0139. The fourth-order valence-electron chi connectivity index (χ4n) is 0. The van der Waals surface area contributed by atoms with E-state index in [-0.39, 0.29) is 12.0 Å². The molecule has 0 aromatic carbocycles. The van der Waals surface area contributed by atoms with Gasteiger partial charge in [-0.25, -0.2) is 5.11 Å². The Hall–Kier alpha value is 0.467. The smallest absolute Gasteiger partial charge is 0.109 e. The molecule has 0 fully saturated rings. The van der Waals surface area contributed by atoms with Crippen LogP contribution in [-0.2, 0) is 5.11 Å². The molecule has 0 saturated carbocycles. The summed E-state index contributed by atoms with van der Waals surface area (Å²) >= 11 is 4.78. The molecular formula is C5H14ClOSi. The third kappa shape index (κ3) is 16.1. The summed E-state index contributed by atoms with van der Waals surface area (Å²) in [6.45, 7) is 5.81. The second-order valence-corrected chi connectivity index (χ2v) is 2.70. The Kier molecular flexibility index (Phi) is 7.90. The zero-order valence-electron chi connectivity index (χ0n) is 5.99. The molecule has 3 heteroatoms. The summed E-state index contributed by atoms with van der Waals surface area (Å²) in [5, 5.41) is 9.95. The molecule has 8 heavy (non-hydrogen) atoms. The first-order valence-electron chi connectivity index (χ1n) is 2.52. The summed E-state index contributed by atoms with van der Waals surface area (Å²) in [5.74, 6) is 0. The minimum Gasteiger partial charge on any atom is -0.236 e. The lowest BCUT2D eigenvalue weighted by atomic mass is 9.99. The fourth-order valence-corrected chi connectivity index (χ4v) is 0. The molecule has 1 nitrogen and oxygen atoms in total. The van der Waals surface area contributed by atoms with Gasteiger partial charge in [0.25, 0.3) is 0 Å². The largest absolute Gasteiger partial charge is 0.236 e. The average Bonchev–Trinajstić information content (AvgIpc) is 1.71. The molecule has 0 saturated heterocycles. The third-order valence-corrected chi connectivity index (χ3v) is 0.433. The first-order valence-corrected chi connectivity index (χ1v) is 5.54. The van der Waals surface area contributed by atoms with Gasteiger partial charge in [-0.3, -0.25) is 0 Å². The van der Waals surface area contributed by atoms with Crippen molar-refractivity contribution in [1.29, 1.82) is 0 Å². The van der Waals surface area contributed by atoms with Crippen LogP contribution in [-0.4, -0.2) is 16.2 Å². The molecule has 0 unspecified atom stereocenters. The van der Waals surface area contributed by atoms with Crippen molar-refractivity contribution >= 4 is 20.6 Å². The van der Waals surface area contributed by atoms with Crippen LogP contribution in [0.1, 0.15) is 20.8 Å². The summed E-state index contributed by atoms with van der Waals surface area (Å²) in [6, 6.07) is 0. The van der Waals surface area contributed by atoms with Crippen LogP contribution in [0.3, 0.4) is 0 Å². The Bertz CT molecular complexity index is 42.2. The molecule has 0 bridgehead atoms. The molecular weight excluding hydrogens is 140 g/mol. The Morgan fingerprint density at radius 2 is 1.50 bits per heavy atom. The highest BCUT2D eigenvalue weighted by atomic mass is 35.6. The van der Waals surface area contributed by atoms with Gasteiger partial charge in [-0.1, -0.05) is 20.8 Å². The number of hydrogen-bond donors (Lipinski definition) is 0. The van der Waals surface area contributed by atoms with Crippen LogP contribution in [0.15, 0.2) is 0 Å². The number of rotatable bonds is 0. The normalized spacial score (nSPS) is 10.1. The molecule has 0 aromatic rings. The van der Waals surface area contributed by atoms with E-state index in [2.05, 4.69) is 0 Å². The Labute approximate surface area is 59.2 Å². The van der Waals surface area contributed by atoms with Crippen LogP contribution >= 0.6 is 11.1 Å². The first kappa shape index (κ1) is 11.3. The van der Waals surface area contributed by atoms with Gasteiger partial charge in [0, 0.05) is 0 Å². The van der Waals surface area contributed by atoms with Crippen LogP contribution < -0.4 is 0 Å². The molecule has 0 aromatic heterocycles. The molecule has 0 heterocycles. The first-order chi connectivity index (χ1) is 3.56. The van der Waals surface area contributed by atoms with Gasteiger partial charge < -0.3 is 0 Å². The van der Waals surface area contributed by atoms with E-state index in [9.17, 15) is 5.11 Å². The SMILES string of the molecule is CC(C)(C)C[O].[SiH3]Cl. The van der Waals surface area contributed by atoms with Crippen molar-refractivity contribution in [2.75, 3.05) is 6.61 Å². The van der Waals surface area contributed by atoms with E-state index in [1.54, 1.807) is 0 Å². The van der Waals surface area contributed by atoms with Gasteiger partial charge >= 0.3 is 0 Å². The Balaban J connectivity index is 0. The highest BCUT2D eigenvalue weighted by Gasteiger charge is 2.06. The minimum absolute atomic E-state index is 0.0139. The molecule has 1 radical (unpaired) electrons. The maximum atomic E-state index is 9.95. The van der Waals surface area contributed by atoms with E-state index < -0.39 is 0 Å². The fraction of sp³-hybridized carbons (Fsp3) is 1.00. The van der Waals surface area contributed by atoms with E-state index in [0.29, 0.717) is 0 Å². The summed E-state index contributed by atoms with van der Waals surface area (Å²) < 4.78 is 0. The van der Waals surface area contributed by atoms with Crippen molar-refractivity contribution in [3.8, 4) is 0 Å². The lowest BCUT2D eigenvalue weighted by molar-refractivity contribution is 0.105. The predicted molar refractivity (Wildman–Crippen MR) is 40.8 cm³/mol. The minimum atomic E-state index is -0.0139. The lowest BCUT2D eigenvalue weighted by Gasteiger charge is -2.09. The summed E-state index contributed by atoms with van der Waals surface area (Å²) in [7, 11) is 0.778. The van der Waals surface area contributed by atoms with Gasteiger partial charge in [-0.2, -0.15) is 11.1 Å². The van der Waals surface area contributed by atoms with E-state index in [0.717, 1.165) is 9.55 Å². The molecule has 0 N–H and O–H groups in total. The van der Waals surface area contributed by atoms with Crippen LogP contribution in [0.5, 0.6) is 0 Å².